The Kier molecular flexibility index (Phi) is 336. The Morgan fingerprint density at radius 3 is 1.07 bits per heavy atom. The van der Waals surface area contributed by atoms with Gasteiger partial charge in [0.25, 0.3) is 0 Å². The number of thioether (sulfide) groups is 1. The average molecular weight is 700 g/mol. The number of hydrogen-bond acceptors (Lipinski definition) is 5. The summed E-state index contributed by atoms with van der Waals surface area (Å²) in [6, 6.07) is 10.5. The molecule has 0 heterocycles. The van der Waals surface area contributed by atoms with Gasteiger partial charge in [-0.2, -0.15) is 11.8 Å². The van der Waals surface area contributed by atoms with E-state index in [2.05, 4.69) is 75.2 Å². The molecule has 0 spiro atoms. The highest BCUT2D eigenvalue weighted by Gasteiger charge is 1.98. The molecule has 1 atom stereocenters. The van der Waals surface area contributed by atoms with Crippen LogP contribution in [0.3, 0.4) is 0 Å². The largest absolute Gasteiger partial charge is 0.385 e. The fourth-order valence-corrected chi connectivity index (χ4v) is 1.13. The van der Waals surface area contributed by atoms with Crippen molar-refractivity contribution in [3.63, 3.8) is 0 Å². The Morgan fingerprint density at radius 1 is 0.630 bits per heavy atom. The van der Waals surface area contributed by atoms with Gasteiger partial charge in [-0.3, -0.25) is 0 Å². The smallest absolute Gasteiger partial charge is 0.0546 e. The molecular weight excluding hydrogens is 587 g/mol. The molecule has 0 saturated carbocycles. The fraction of sp³-hybridized carbons (Fsp3) is 0.854. The molecule has 1 unspecified atom stereocenters. The molecule has 1 rings (SSSR count). The maximum absolute atomic E-state index is 5.17. The van der Waals surface area contributed by atoms with E-state index in [1.165, 1.54) is 24.2 Å². The van der Waals surface area contributed by atoms with Gasteiger partial charge in [0.2, 0.25) is 0 Å². The van der Waals surface area contributed by atoms with Gasteiger partial charge in [-0.1, -0.05) is 167 Å². The van der Waals surface area contributed by atoms with Crippen LogP contribution in [0.2, 0.25) is 0 Å². The number of nitrogens with one attached hydrogen (secondary N) is 1. The van der Waals surface area contributed by atoms with Crippen molar-refractivity contribution in [3.8, 4) is 0 Å². The first-order chi connectivity index (χ1) is 15.8. The van der Waals surface area contributed by atoms with E-state index in [1.54, 1.807) is 21.3 Å². The topological polar surface area (TPSA) is 39.7 Å². The molecule has 0 bridgehead atoms. The molecule has 0 fully saturated rings. The third kappa shape index (κ3) is 187. The molecule has 4 nitrogen and oxygen atoms in total. The first kappa shape index (κ1) is 119. The van der Waals surface area contributed by atoms with E-state index in [9.17, 15) is 0 Å². The van der Waals surface area contributed by atoms with E-state index in [0.717, 1.165) is 26.0 Å². The Labute approximate surface area is 309 Å². The highest BCUT2D eigenvalue weighted by Crippen LogP contribution is 2.05. The average Bonchev–Trinajstić information content (AvgIpc) is 2.88. The van der Waals surface area contributed by atoms with Crippen LogP contribution in [0.1, 0.15) is 177 Å². The number of methoxy groups -OCH3 is 3. The summed E-state index contributed by atoms with van der Waals surface area (Å²) in [6.07, 6.45) is 7.69. The van der Waals surface area contributed by atoms with Crippen molar-refractivity contribution in [2.24, 2.45) is 0 Å². The Bertz CT molecular complexity index is 357. The van der Waals surface area contributed by atoms with Crippen LogP contribution in [0.5, 0.6) is 0 Å². The van der Waals surface area contributed by atoms with Crippen LogP contribution in [0.4, 0.5) is 0 Å². The van der Waals surface area contributed by atoms with Crippen molar-refractivity contribution in [1.29, 1.82) is 0 Å². The van der Waals surface area contributed by atoms with Gasteiger partial charge in [0.1, 0.15) is 0 Å². The van der Waals surface area contributed by atoms with E-state index in [-0.39, 0.29) is 96.5 Å². The molecule has 0 radical (unpaired) electrons. The lowest BCUT2D eigenvalue weighted by molar-refractivity contribution is 0.111. The quantitative estimate of drug-likeness (QED) is 0.278. The van der Waals surface area contributed by atoms with Crippen molar-refractivity contribution in [3.05, 3.63) is 35.9 Å². The standard InChI is InChI=1S/C11H16O.C4H10O.C4H10.C3H9N.C3H8O.C3H8S.13CH4/c1-10(12-2)8-9-11-6-4-3-5-7-11;1-4(2)5-3;4*1-3-4-2;;;;;;;;;;;;;/h3-7,10H,8-9H2,1-2H3;4H,1-3H3;3-4H2,1-2H3;4H,3H2,1-2H3;2*3H2,1-2H3;13*1H4. The summed E-state index contributed by atoms with van der Waals surface area (Å²) < 4.78 is 14.5. The van der Waals surface area contributed by atoms with Crippen LogP contribution in [-0.4, -0.2) is 65.7 Å². The van der Waals surface area contributed by atoms with Crippen LogP contribution in [0, 0.1) is 0 Å². The monoisotopic (exact) mass is 700 g/mol. The van der Waals surface area contributed by atoms with E-state index in [0.29, 0.717) is 12.2 Å². The number of ether oxygens (including phenoxy) is 3. The molecule has 0 saturated heterocycles. The lowest BCUT2D eigenvalue weighted by Gasteiger charge is -2.08. The minimum absolute atomic E-state index is 0. The van der Waals surface area contributed by atoms with Crippen molar-refractivity contribution in [2.75, 3.05) is 53.5 Å². The molecule has 0 amide bonds. The van der Waals surface area contributed by atoms with E-state index >= 15 is 0 Å². The molecule has 0 aliphatic heterocycles. The molecule has 1 N–H and O–H groups in total. The molecule has 1 aromatic rings. The van der Waals surface area contributed by atoms with Gasteiger partial charge in [0.15, 0.2) is 0 Å². The van der Waals surface area contributed by atoms with Crippen molar-refractivity contribution in [2.45, 2.75) is 190 Å². The van der Waals surface area contributed by atoms with Gasteiger partial charge in [-0.15, -0.1) is 0 Å². The summed E-state index contributed by atoms with van der Waals surface area (Å²) in [5.74, 6) is 1.24. The van der Waals surface area contributed by atoms with Gasteiger partial charge in [-0.05, 0) is 71.7 Å². The fourth-order valence-electron chi connectivity index (χ4n) is 1.13. The second-order valence-corrected chi connectivity index (χ2v) is 8.37. The molecule has 1 aromatic carbocycles. The Morgan fingerprint density at radius 2 is 0.913 bits per heavy atom. The van der Waals surface area contributed by atoms with Crippen LogP contribution >= 0.6 is 11.8 Å². The number of rotatable bonds is 9. The lowest BCUT2D eigenvalue weighted by Crippen LogP contribution is -2.05. The second kappa shape index (κ2) is 130. The van der Waals surface area contributed by atoms with Crippen LogP contribution in [-0.2, 0) is 20.6 Å². The zero-order valence-electron chi connectivity index (χ0n) is 24.6. The van der Waals surface area contributed by atoms with Gasteiger partial charge in [0.05, 0.1) is 12.2 Å². The Balaban J connectivity index is -0.0000000129. The summed E-state index contributed by atoms with van der Waals surface area (Å²) in [5.41, 5.74) is 1.39. The molecule has 46 heavy (non-hydrogen) atoms. The van der Waals surface area contributed by atoms with E-state index in [1.807, 2.05) is 45.6 Å². The number of unbranched alkanes of at least 4 members (excludes halogenated alkanes) is 1. The number of benzene rings is 1. The predicted octanol–water partition coefficient (Wildman–Crippen LogP) is 16.0. The third-order valence-corrected chi connectivity index (χ3v) is 4.56. The summed E-state index contributed by atoms with van der Waals surface area (Å²) >= 11 is 1.86. The van der Waals surface area contributed by atoms with Gasteiger partial charge >= 0.3 is 0 Å². The lowest BCUT2D eigenvalue weighted by atomic mass is 10.1. The summed E-state index contributed by atoms with van der Waals surface area (Å²) in [6.45, 7) is 18.5. The second-order valence-electron chi connectivity index (χ2n) is 7.22. The highest BCUT2D eigenvalue weighted by atomic mass is 32.2. The molecule has 0 aliphatic rings. The molecule has 0 aromatic heterocycles. The number of aryl methyl sites for hydroxylation is 1. The molecule has 0 aliphatic carbocycles. The van der Waals surface area contributed by atoms with Gasteiger partial charge in [-0.25, -0.2) is 0 Å². The van der Waals surface area contributed by atoms with Gasteiger partial charge in [0, 0.05) is 27.9 Å². The zero-order chi connectivity index (χ0) is 26.8. The highest BCUT2D eigenvalue weighted by molar-refractivity contribution is 7.98. The Hall–Kier alpha value is -0.590. The first-order valence-electron chi connectivity index (χ1n) is 12.5. The van der Waals surface area contributed by atoms with Crippen LogP contribution in [0.15, 0.2) is 30.3 Å². The van der Waals surface area contributed by atoms with E-state index < -0.39 is 0 Å². The number of hydrogen-bond donors (Lipinski definition) is 1. The third-order valence-electron chi connectivity index (χ3n) is 3.99. The van der Waals surface area contributed by atoms with E-state index in [4.69, 9.17) is 9.47 Å². The summed E-state index contributed by atoms with van der Waals surface area (Å²) in [5, 5.41) is 2.93. The maximum atomic E-state index is 5.17. The minimum atomic E-state index is 0. The molecular formula is C41H113NO3S. The minimum Gasteiger partial charge on any atom is -0.385 e. The van der Waals surface area contributed by atoms with Crippen molar-refractivity contribution in [1.82, 2.24) is 5.32 Å². The maximum Gasteiger partial charge on any atom is 0.0546 e. The predicted molar refractivity (Wildman–Crippen MR) is 243 cm³/mol. The molecule has 5 heteroatoms. The normalized spacial score (nSPS) is 7.00. The van der Waals surface area contributed by atoms with Gasteiger partial charge < -0.3 is 19.5 Å². The van der Waals surface area contributed by atoms with Crippen molar-refractivity contribution < 1.29 is 14.2 Å². The summed E-state index contributed by atoms with van der Waals surface area (Å²) in [4.78, 5) is 0. The van der Waals surface area contributed by atoms with Crippen LogP contribution in [0.25, 0.3) is 0 Å². The summed E-state index contributed by atoms with van der Waals surface area (Å²) in [7, 11) is 7.07. The van der Waals surface area contributed by atoms with Crippen LogP contribution < -0.4 is 5.32 Å². The molecule has 306 valence electrons. The SMILES string of the molecule is C.C.C.C.C.C.C.C.C.C.C.C.C.CCCC.CCNC.CCOC.CCSC.COC(C)C.COC(C)CCc1ccccc1. The first-order valence-corrected chi connectivity index (χ1v) is 13.9. The van der Waals surface area contributed by atoms with Crippen molar-refractivity contribution >= 4 is 11.8 Å². The zero-order valence-corrected chi connectivity index (χ0v) is 25.4.